The van der Waals surface area contributed by atoms with Crippen molar-refractivity contribution in [1.82, 2.24) is 0 Å². The van der Waals surface area contributed by atoms with Crippen LogP contribution in [0.1, 0.15) is 106 Å². The second-order valence-corrected chi connectivity index (χ2v) is 8.85. The highest BCUT2D eigenvalue weighted by molar-refractivity contribution is 5.69. The fourth-order valence-corrected chi connectivity index (χ4v) is 2.64. The minimum atomic E-state index is 0.659. The van der Waals surface area contributed by atoms with E-state index in [1.807, 2.05) is 73.6 Å². The molecule has 37 heavy (non-hydrogen) atoms. The molecule has 2 aromatic carbocycles. The second-order valence-electron chi connectivity index (χ2n) is 8.85. The molecule has 0 heteroatoms. The molecule has 0 bridgehead atoms. The van der Waals surface area contributed by atoms with E-state index in [0.29, 0.717) is 5.92 Å². The predicted octanol–water partition coefficient (Wildman–Crippen LogP) is 12.6. The fourth-order valence-electron chi connectivity index (χ4n) is 2.64. The summed E-state index contributed by atoms with van der Waals surface area (Å²) in [5, 5.41) is 0. The van der Waals surface area contributed by atoms with Crippen LogP contribution in [0.4, 0.5) is 0 Å². The maximum atomic E-state index is 4.03. The Labute approximate surface area is 231 Å². The lowest BCUT2D eigenvalue weighted by molar-refractivity contribution is 0.867. The lowest BCUT2D eigenvalue weighted by atomic mass is 10.0. The first-order chi connectivity index (χ1) is 17.5. The number of allylic oxidation sites excluding steroid dienone is 9. The van der Waals surface area contributed by atoms with Crippen molar-refractivity contribution in [3.63, 3.8) is 0 Å². The summed E-state index contributed by atoms with van der Waals surface area (Å²) in [5.74, 6) is 0.659. The average molecular weight is 501 g/mol. The molecule has 0 saturated carbocycles. The Bertz CT molecular complexity index is 954. The molecular weight excluding hydrogens is 444 g/mol. The average Bonchev–Trinajstić information content (AvgIpc) is 2.90. The van der Waals surface area contributed by atoms with E-state index in [-0.39, 0.29) is 0 Å². The van der Waals surface area contributed by atoms with Gasteiger partial charge in [-0.15, -0.1) is 6.58 Å². The summed E-state index contributed by atoms with van der Waals surface area (Å²) in [6, 6.07) is 19.0. The van der Waals surface area contributed by atoms with Crippen molar-refractivity contribution < 1.29 is 0 Å². The van der Waals surface area contributed by atoms with Crippen molar-refractivity contribution >= 4 is 11.1 Å². The molecule has 0 saturated heterocycles. The van der Waals surface area contributed by atoms with Gasteiger partial charge in [0.15, 0.2) is 0 Å². The quantitative estimate of drug-likeness (QED) is 0.273. The molecule has 0 N–H and O–H groups in total. The Morgan fingerprint density at radius 3 is 1.46 bits per heavy atom. The maximum Gasteiger partial charge on any atom is -0.0219 e. The first-order valence-corrected chi connectivity index (χ1v) is 13.6. The van der Waals surface area contributed by atoms with Crippen LogP contribution in [0.25, 0.3) is 11.1 Å². The first-order valence-electron chi connectivity index (χ1n) is 13.6. The topological polar surface area (TPSA) is 0 Å². The number of rotatable bonds is 6. The number of hydrogen-bond donors (Lipinski definition) is 0. The van der Waals surface area contributed by atoms with Crippen LogP contribution in [0.2, 0.25) is 0 Å². The van der Waals surface area contributed by atoms with Gasteiger partial charge in [0.25, 0.3) is 0 Å². The van der Waals surface area contributed by atoms with Crippen molar-refractivity contribution in [3.8, 4) is 0 Å². The van der Waals surface area contributed by atoms with Gasteiger partial charge in [-0.1, -0.05) is 145 Å². The number of hydrogen-bond acceptors (Lipinski definition) is 0. The van der Waals surface area contributed by atoms with Crippen molar-refractivity contribution in [2.24, 2.45) is 0 Å². The standard InChI is InChI=1S/C20H24.C9H12.C4H8.2C2H6/c1-7-8-16(4)17(5)9-10-18(6)20-13-11-19(12-14-20)15(2)3;1-8(2)9-6-4-3-5-7-9;1-4(2)3;2*1-2/h7-14H,2,4H2,1,3,5-6H3;3-8H,1-2H3;1H2,2-3H3;2*1-2H3/b8-7-,17-9+,18-10+;;;;. The van der Waals surface area contributed by atoms with Gasteiger partial charge in [-0.2, -0.15) is 0 Å². The summed E-state index contributed by atoms with van der Waals surface area (Å²) in [4.78, 5) is 0. The lowest BCUT2D eigenvalue weighted by Gasteiger charge is -2.04. The summed E-state index contributed by atoms with van der Waals surface area (Å²) in [6.45, 7) is 36.1. The van der Waals surface area contributed by atoms with Gasteiger partial charge in [0, 0.05) is 0 Å². The number of benzene rings is 2. The smallest absolute Gasteiger partial charge is 0.0219 e. The normalized spacial score (nSPS) is 10.4. The maximum absolute atomic E-state index is 4.03. The summed E-state index contributed by atoms with van der Waals surface area (Å²) >= 11 is 0. The Kier molecular flexibility index (Phi) is 25.5. The van der Waals surface area contributed by atoms with Gasteiger partial charge < -0.3 is 0 Å². The molecule has 0 aliphatic carbocycles. The van der Waals surface area contributed by atoms with Gasteiger partial charge in [0.05, 0.1) is 0 Å². The summed E-state index contributed by atoms with van der Waals surface area (Å²) in [7, 11) is 0. The zero-order valence-electron chi connectivity index (χ0n) is 26.2. The van der Waals surface area contributed by atoms with Crippen LogP contribution >= 0.6 is 0 Å². The Balaban J connectivity index is -0.000000560. The van der Waals surface area contributed by atoms with Gasteiger partial charge in [0.2, 0.25) is 0 Å². The molecule has 0 amide bonds. The highest BCUT2D eigenvalue weighted by Crippen LogP contribution is 2.19. The van der Waals surface area contributed by atoms with Crippen molar-refractivity contribution in [2.45, 2.75) is 89.0 Å². The lowest BCUT2D eigenvalue weighted by Crippen LogP contribution is -1.83. The zero-order chi connectivity index (χ0) is 29.4. The van der Waals surface area contributed by atoms with E-state index in [9.17, 15) is 0 Å². The summed E-state index contributed by atoms with van der Waals surface area (Å²) in [5.41, 5.74) is 9.57. The minimum Gasteiger partial charge on any atom is -0.100 e. The van der Waals surface area contributed by atoms with Gasteiger partial charge in [-0.3, -0.25) is 0 Å². The van der Waals surface area contributed by atoms with E-state index in [4.69, 9.17) is 0 Å². The van der Waals surface area contributed by atoms with Crippen molar-refractivity contribution in [1.29, 1.82) is 0 Å². The predicted molar refractivity (Wildman–Crippen MR) is 176 cm³/mol. The third-order valence-electron chi connectivity index (χ3n) is 4.76. The summed E-state index contributed by atoms with van der Waals surface area (Å²) in [6.07, 6.45) is 8.29. The third kappa shape index (κ3) is 20.7. The van der Waals surface area contributed by atoms with E-state index in [1.165, 1.54) is 33.4 Å². The highest BCUT2D eigenvalue weighted by atomic mass is 14.0. The molecule has 2 aromatic rings. The van der Waals surface area contributed by atoms with Crippen LogP contribution in [0.5, 0.6) is 0 Å². The molecular formula is C37H56. The van der Waals surface area contributed by atoms with Crippen LogP contribution in [0.3, 0.4) is 0 Å². The third-order valence-corrected chi connectivity index (χ3v) is 4.76. The molecule has 0 aliphatic heterocycles. The van der Waals surface area contributed by atoms with Gasteiger partial charge in [0.1, 0.15) is 0 Å². The van der Waals surface area contributed by atoms with E-state index in [0.717, 1.165) is 11.1 Å². The fraction of sp³-hybridized carbons (Fsp3) is 0.351. The molecule has 2 rings (SSSR count). The van der Waals surface area contributed by atoms with Gasteiger partial charge in [-0.25, -0.2) is 0 Å². The molecule has 204 valence electrons. The van der Waals surface area contributed by atoms with E-state index < -0.39 is 0 Å². The molecule has 0 nitrogen and oxygen atoms in total. The molecule has 0 heterocycles. The van der Waals surface area contributed by atoms with Gasteiger partial charge >= 0.3 is 0 Å². The van der Waals surface area contributed by atoms with E-state index in [1.54, 1.807) is 0 Å². The molecule has 0 unspecified atom stereocenters. The minimum absolute atomic E-state index is 0.659. The van der Waals surface area contributed by atoms with Crippen LogP contribution < -0.4 is 0 Å². The second kappa shape index (κ2) is 24.6. The largest absolute Gasteiger partial charge is 0.100 e. The molecule has 0 fully saturated rings. The first kappa shape index (κ1) is 38.4. The summed E-state index contributed by atoms with van der Waals surface area (Å²) < 4.78 is 0. The van der Waals surface area contributed by atoms with Crippen LogP contribution in [-0.4, -0.2) is 0 Å². The zero-order valence-corrected chi connectivity index (χ0v) is 26.2. The molecule has 0 aromatic heterocycles. The van der Waals surface area contributed by atoms with Crippen LogP contribution in [-0.2, 0) is 0 Å². The van der Waals surface area contributed by atoms with E-state index >= 15 is 0 Å². The van der Waals surface area contributed by atoms with Crippen LogP contribution in [0.15, 0.2) is 115 Å². The molecule has 0 aliphatic rings. The Hall–Kier alpha value is -3.12. The van der Waals surface area contributed by atoms with Crippen LogP contribution in [0, 0.1) is 0 Å². The Morgan fingerprint density at radius 2 is 1.11 bits per heavy atom. The van der Waals surface area contributed by atoms with Gasteiger partial charge in [-0.05, 0) is 80.9 Å². The highest BCUT2D eigenvalue weighted by Gasteiger charge is 1.97. The van der Waals surface area contributed by atoms with Crippen molar-refractivity contribution in [3.05, 3.63) is 132 Å². The molecule has 0 atom stereocenters. The van der Waals surface area contributed by atoms with E-state index in [2.05, 4.69) is 108 Å². The monoisotopic (exact) mass is 500 g/mol. The molecule has 0 radical (unpaired) electrons. The van der Waals surface area contributed by atoms with Crippen molar-refractivity contribution in [2.75, 3.05) is 0 Å². The SMILES string of the molecule is C=C(/C=C\C)/C(C)=C/C=C(\C)c1ccc(C(=C)C)cc1.C=C(C)C.CC.CC.CC(C)c1ccccc1. The molecule has 0 spiro atoms. The Morgan fingerprint density at radius 1 is 0.676 bits per heavy atom.